The Morgan fingerprint density at radius 3 is 2.54 bits per heavy atom. The average molecular weight is 400 g/mol. The number of hydrogen-bond acceptors (Lipinski definition) is 2. The summed E-state index contributed by atoms with van der Waals surface area (Å²) >= 11 is 6.04. The fourth-order valence-corrected chi connectivity index (χ4v) is 4.20. The Labute approximate surface area is 171 Å². The van der Waals surface area contributed by atoms with Crippen LogP contribution in [0, 0.1) is 11.8 Å². The van der Waals surface area contributed by atoms with Gasteiger partial charge in [-0.1, -0.05) is 48.9 Å². The van der Waals surface area contributed by atoms with Gasteiger partial charge in [-0.2, -0.15) is 0 Å². The molecule has 2 aromatic rings. The van der Waals surface area contributed by atoms with Crippen molar-refractivity contribution in [2.45, 2.75) is 32.6 Å². The monoisotopic (exact) mass is 399 g/mol. The minimum Gasteiger partial charge on any atom is -0.478 e. The highest BCUT2D eigenvalue weighted by atomic mass is 35.5. The van der Waals surface area contributed by atoms with Gasteiger partial charge in [0, 0.05) is 24.0 Å². The lowest BCUT2D eigenvalue weighted by atomic mass is 9.88. The topological polar surface area (TPSA) is 57.6 Å². The van der Waals surface area contributed by atoms with Crippen molar-refractivity contribution in [1.82, 2.24) is 4.90 Å². The van der Waals surface area contributed by atoms with Crippen LogP contribution in [-0.2, 0) is 17.6 Å². The van der Waals surface area contributed by atoms with E-state index >= 15 is 0 Å². The molecule has 1 saturated heterocycles. The second kappa shape index (κ2) is 9.24. The van der Waals surface area contributed by atoms with Gasteiger partial charge < -0.3 is 10.0 Å². The van der Waals surface area contributed by atoms with Crippen molar-refractivity contribution in [3.8, 4) is 0 Å². The molecular weight excluding hydrogens is 374 g/mol. The molecule has 0 saturated carbocycles. The number of hydrogen-bond donors (Lipinski definition) is 1. The van der Waals surface area contributed by atoms with Crippen molar-refractivity contribution in [2.24, 2.45) is 11.8 Å². The van der Waals surface area contributed by atoms with Crippen LogP contribution in [0.15, 0.2) is 48.5 Å². The Bertz CT molecular complexity index is 843. The smallest absolute Gasteiger partial charge is 0.335 e. The summed E-state index contributed by atoms with van der Waals surface area (Å²) in [6.45, 7) is 3.44. The summed E-state index contributed by atoms with van der Waals surface area (Å²) in [4.78, 5) is 26.2. The number of carboxylic acid groups (broad SMARTS) is 1. The van der Waals surface area contributed by atoms with Crippen LogP contribution in [0.3, 0.4) is 0 Å². The molecule has 0 aliphatic carbocycles. The zero-order valence-electron chi connectivity index (χ0n) is 16.1. The number of likely N-dealkylation sites (tertiary alicyclic amines) is 1. The quantitative estimate of drug-likeness (QED) is 0.766. The SMILES string of the molecule is CC(Cc1cccc(Cl)c1)C(=O)N1CCC(Cc2ccccc2C(=O)O)CC1. The van der Waals surface area contributed by atoms with Gasteiger partial charge in [-0.3, -0.25) is 4.79 Å². The summed E-state index contributed by atoms with van der Waals surface area (Å²) < 4.78 is 0. The number of carboxylic acids is 1. The van der Waals surface area contributed by atoms with Crippen molar-refractivity contribution in [2.75, 3.05) is 13.1 Å². The first-order chi connectivity index (χ1) is 13.4. The third-order valence-electron chi connectivity index (χ3n) is 5.54. The van der Waals surface area contributed by atoms with Crippen LogP contribution >= 0.6 is 11.6 Å². The molecule has 2 aromatic carbocycles. The molecule has 4 nitrogen and oxygen atoms in total. The van der Waals surface area contributed by atoms with Crippen molar-refractivity contribution < 1.29 is 14.7 Å². The van der Waals surface area contributed by atoms with Crippen LogP contribution in [0.1, 0.15) is 41.3 Å². The van der Waals surface area contributed by atoms with E-state index in [0.717, 1.165) is 43.5 Å². The van der Waals surface area contributed by atoms with Gasteiger partial charge in [0.05, 0.1) is 5.56 Å². The Balaban J connectivity index is 1.53. The molecule has 1 heterocycles. The Hall–Kier alpha value is -2.33. The van der Waals surface area contributed by atoms with E-state index < -0.39 is 5.97 Å². The zero-order valence-corrected chi connectivity index (χ0v) is 16.9. The molecule has 0 spiro atoms. The second-order valence-corrected chi connectivity index (χ2v) is 8.11. The molecular formula is C23H26ClNO3. The second-order valence-electron chi connectivity index (χ2n) is 7.67. The Kier molecular flexibility index (Phi) is 6.74. The molecule has 148 valence electrons. The number of benzene rings is 2. The molecule has 5 heteroatoms. The molecule has 0 bridgehead atoms. The number of carbonyl (C=O) groups is 2. The summed E-state index contributed by atoms with van der Waals surface area (Å²) in [5.74, 6) is -0.363. The summed E-state index contributed by atoms with van der Waals surface area (Å²) in [5.41, 5.74) is 2.35. The minimum absolute atomic E-state index is 0.0808. The molecule has 3 rings (SSSR count). The molecule has 0 radical (unpaired) electrons. The van der Waals surface area contributed by atoms with Gasteiger partial charge in [0.25, 0.3) is 0 Å². The molecule has 1 fully saturated rings. The average Bonchev–Trinajstić information content (AvgIpc) is 2.68. The normalized spacial score (nSPS) is 16.0. The van der Waals surface area contributed by atoms with E-state index in [1.807, 2.05) is 48.2 Å². The highest BCUT2D eigenvalue weighted by Crippen LogP contribution is 2.25. The summed E-state index contributed by atoms with van der Waals surface area (Å²) in [6.07, 6.45) is 3.25. The zero-order chi connectivity index (χ0) is 20.1. The van der Waals surface area contributed by atoms with Crippen LogP contribution in [0.4, 0.5) is 0 Å². The van der Waals surface area contributed by atoms with Crippen molar-refractivity contribution in [3.05, 3.63) is 70.2 Å². The lowest BCUT2D eigenvalue weighted by Gasteiger charge is -2.34. The van der Waals surface area contributed by atoms with E-state index in [1.165, 1.54) is 0 Å². The summed E-state index contributed by atoms with van der Waals surface area (Å²) in [6, 6.07) is 14.9. The standard InChI is InChI=1S/C23H26ClNO3/c1-16(13-18-5-4-7-20(24)15-18)22(26)25-11-9-17(10-12-25)14-19-6-2-3-8-21(19)23(27)28/h2-8,15-17H,9-14H2,1H3,(H,27,28). The third kappa shape index (κ3) is 5.14. The van der Waals surface area contributed by atoms with Crippen molar-refractivity contribution in [1.29, 1.82) is 0 Å². The third-order valence-corrected chi connectivity index (χ3v) is 5.77. The first-order valence-corrected chi connectivity index (χ1v) is 10.2. The molecule has 1 aliphatic rings. The Morgan fingerprint density at radius 1 is 1.14 bits per heavy atom. The summed E-state index contributed by atoms with van der Waals surface area (Å²) in [7, 11) is 0. The van der Waals surface area contributed by atoms with Crippen LogP contribution in [0.2, 0.25) is 5.02 Å². The summed E-state index contributed by atoms with van der Waals surface area (Å²) in [5, 5.41) is 10.0. The number of aromatic carboxylic acids is 1. The van der Waals surface area contributed by atoms with Crippen molar-refractivity contribution in [3.63, 3.8) is 0 Å². The molecule has 1 amide bonds. The van der Waals surface area contributed by atoms with E-state index in [4.69, 9.17) is 11.6 Å². The van der Waals surface area contributed by atoms with Gasteiger partial charge in [0.2, 0.25) is 5.91 Å². The maximum atomic E-state index is 12.8. The molecule has 1 N–H and O–H groups in total. The van der Waals surface area contributed by atoms with Crippen LogP contribution in [0.25, 0.3) is 0 Å². The number of rotatable bonds is 6. The molecule has 28 heavy (non-hydrogen) atoms. The van der Waals surface area contributed by atoms with E-state index in [1.54, 1.807) is 12.1 Å². The first-order valence-electron chi connectivity index (χ1n) is 9.78. The predicted molar refractivity (Wildman–Crippen MR) is 111 cm³/mol. The first kappa shape index (κ1) is 20.4. The van der Waals surface area contributed by atoms with Gasteiger partial charge in [-0.25, -0.2) is 4.79 Å². The van der Waals surface area contributed by atoms with E-state index in [-0.39, 0.29) is 11.8 Å². The number of piperidine rings is 1. The van der Waals surface area contributed by atoms with E-state index in [0.29, 0.717) is 22.9 Å². The fraction of sp³-hybridized carbons (Fsp3) is 0.391. The van der Waals surface area contributed by atoms with Gasteiger partial charge >= 0.3 is 5.97 Å². The maximum absolute atomic E-state index is 12.8. The van der Waals surface area contributed by atoms with Crippen LogP contribution in [0.5, 0.6) is 0 Å². The molecule has 0 aromatic heterocycles. The number of halogens is 1. The predicted octanol–water partition coefficient (Wildman–Crippen LogP) is 4.70. The lowest BCUT2D eigenvalue weighted by Crippen LogP contribution is -2.42. The molecule has 1 unspecified atom stereocenters. The van der Waals surface area contributed by atoms with Gasteiger partial charge in [0.15, 0.2) is 0 Å². The molecule has 1 atom stereocenters. The van der Waals surface area contributed by atoms with Crippen LogP contribution < -0.4 is 0 Å². The van der Waals surface area contributed by atoms with Gasteiger partial charge in [-0.05, 0) is 60.9 Å². The fourth-order valence-electron chi connectivity index (χ4n) is 3.99. The lowest BCUT2D eigenvalue weighted by molar-refractivity contribution is -0.136. The number of amides is 1. The van der Waals surface area contributed by atoms with E-state index in [2.05, 4.69) is 0 Å². The van der Waals surface area contributed by atoms with Gasteiger partial charge in [0.1, 0.15) is 0 Å². The van der Waals surface area contributed by atoms with Crippen molar-refractivity contribution >= 4 is 23.5 Å². The largest absolute Gasteiger partial charge is 0.478 e. The maximum Gasteiger partial charge on any atom is 0.335 e. The number of nitrogens with zero attached hydrogens (tertiary/aromatic N) is 1. The van der Waals surface area contributed by atoms with E-state index in [9.17, 15) is 14.7 Å². The Morgan fingerprint density at radius 2 is 1.86 bits per heavy atom. The van der Waals surface area contributed by atoms with Gasteiger partial charge in [-0.15, -0.1) is 0 Å². The van der Waals surface area contributed by atoms with Crippen LogP contribution in [-0.4, -0.2) is 35.0 Å². The molecule has 1 aliphatic heterocycles. The highest BCUT2D eigenvalue weighted by molar-refractivity contribution is 6.30. The minimum atomic E-state index is -0.877. The highest BCUT2D eigenvalue weighted by Gasteiger charge is 2.27. The number of carbonyl (C=O) groups excluding carboxylic acids is 1.